The SMILES string of the molecule is CCOC(=O)c1ccc(C(=O)NC(CC(=O)OC(C)C)c2ccccc2)nc1C. The Labute approximate surface area is 170 Å². The first-order chi connectivity index (χ1) is 13.8. The molecule has 2 aromatic rings. The minimum Gasteiger partial charge on any atom is -0.463 e. The fraction of sp³-hybridized carbons (Fsp3) is 0.364. The number of aryl methyl sites for hydroxylation is 1. The summed E-state index contributed by atoms with van der Waals surface area (Å²) >= 11 is 0. The molecule has 29 heavy (non-hydrogen) atoms. The van der Waals surface area contributed by atoms with Crippen molar-refractivity contribution in [2.75, 3.05) is 6.61 Å². The quantitative estimate of drug-likeness (QED) is 0.685. The van der Waals surface area contributed by atoms with Gasteiger partial charge >= 0.3 is 11.9 Å². The van der Waals surface area contributed by atoms with Gasteiger partial charge in [0.05, 0.1) is 36.4 Å². The Kier molecular flexibility index (Phi) is 7.88. The molecule has 1 heterocycles. The molecule has 0 fully saturated rings. The van der Waals surface area contributed by atoms with Gasteiger partial charge in [0.25, 0.3) is 5.91 Å². The molecule has 1 unspecified atom stereocenters. The second kappa shape index (κ2) is 10.4. The van der Waals surface area contributed by atoms with Crippen molar-refractivity contribution in [3.8, 4) is 0 Å². The van der Waals surface area contributed by atoms with Gasteiger partial charge in [0, 0.05) is 0 Å². The molecule has 0 aliphatic carbocycles. The van der Waals surface area contributed by atoms with Gasteiger partial charge in [-0.2, -0.15) is 0 Å². The first kappa shape index (κ1) is 22.1. The van der Waals surface area contributed by atoms with E-state index in [0.717, 1.165) is 5.56 Å². The van der Waals surface area contributed by atoms with E-state index in [-0.39, 0.29) is 24.8 Å². The maximum atomic E-state index is 12.7. The third-order valence-corrected chi connectivity index (χ3v) is 4.06. The molecular formula is C22H26N2O5. The van der Waals surface area contributed by atoms with Crippen LogP contribution in [0.1, 0.15) is 65.3 Å². The minimum absolute atomic E-state index is 0.00613. The highest BCUT2D eigenvalue weighted by molar-refractivity contribution is 5.95. The Hall–Kier alpha value is -3.22. The van der Waals surface area contributed by atoms with Crippen molar-refractivity contribution < 1.29 is 23.9 Å². The van der Waals surface area contributed by atoms with Crippen molar-refractivity contribution in [3.05, 3.63) is 65.0 Å². The molecule has 1 N–H and O–H groups in total. The van der Waals surface area contributed by atoms with E-state index in [1.165, 1.54) is 12.1 Å². The van der Waals surface area contributed by atoms with Crippen LogP contribution in [0.3, 0.4) is 0 Å². The van der Waals surface area contributed by atoms with E-state index in [0.29, 0.717) is 11.3 Å². The number of aromatic nitrogens is 1. The van der Waals surface area contributed by atoms with Gasteiger partial charge in [-0.05, 0) is 45.4 Å². The normalized spacial score (nSPS) is 11.6. The fourth-order valence-corrected chi connectivity index (χ4v) is 2.76. The monoisotopic (exact) mass is 398 g/mol. The number of esters is 2. The van der Waals surface area contributed by atoms with Crippen LogP contribution in [0.25, 0.3) is 0 Å². The fourth-order valence-electron chi connectivity index (χ4n) is 2.76. The van der Waals surface area contributed by atoms with Crippen molar-refractivity contribution in [1.29, 1.82) is 0 Å². The summed E-state index contributed by atoms with van der Waals surface area (Å²) in [6.45, 7) is 7.15. The van der Waals surface area contributed by atoms with Crippen LogP contribution in [-0.2, 0) is 14.3 Å². The van der Waals surface area contributed by atoms with E-state index in [9.17, 15) is 14.4 Å². The number of amides is 1. The van der Waals surface area contributed by atoms with E-state index in [1.54, 1.807) is 27.7 Å². The smallest absolute Gasteiger partial charge is 0.339 e. The summed E-state index contributed by atoms with van der Waals surface area (Å²) in [7, 11) is 0. The number of nitrogens with zero attached hydrogens (tertiary/aromatic N) is 1. The van der Waals surface area contributed by atoms with Crippen LogP contribution in [0.15, 0.2) is 42.5 Å². The second-order valence-electron chi connectivity index (χ2n) is 6.73. The third kappa shape index (κ3) is 6.41. The summed E-state index contributed by atoms with van der Waals surface area (Å²) in [5, 5.41) is 2.84. The van der Waals surface area contributed by atoms with Gasteiger partial charge in [-0.15, -0.1) is 0 Å². The van der Waals surface area contributed by atoms with Gasteiger partial charge in [-0.3, -0.25) is 9.59 Å². The van der Waals surface area contributed by atoms with E-state index in [1.807, 2.05) is 30.3 Å². The van der Waals surface area contributed by atoms with Crippen LogP contribution in [0.4, 0.5) is 0 Å². The highest BCUT2D eigenvalue weighted by atomic mass is 16.5. The predicted octanol–water partition coefficient (Wildman–Crippen LogP) is 3.38. The molecule has 0 saturated carbocycles. The summed E-state index contributed by atoms with van der Waals surface area (Å²) in [5.74, 6) is -1.34. The van der Waals surface area contributed by atoms with Crippen LogP contribution in [0.2, 0.25) is 0 Å². The van der Waals surface area contributed by atoms with Crippen molar-refractivity contribution in [1.82, 2.24) is 10.3 Å². The summed E-state index contributed by atoms with van der Waals surface area (Å²) in [4.78, 5) is 41.0. The van der Waals surface area contributed by atoms with E-state index >= 15 is 0 Å². The highest BCUT2D eigenvalue weighted by Crippen LogP contribution is 2.19. The van der Waals surface area contributed by atoms with Crippen molar-refractivity contribution in [2.45, 2.75) is 46.3 Å². The van der Waals surface area contributed by atoms with Crippen LogP contribution in [0, 0.1) is 6.92 Å². The molecule has 1 amide bonds. The molecule has 154 valence electrons. The number of carbonyl (C=O) groups is 3. The van der Waals surface area contributed by atoms with Gasteiger partial charge in [-0.25, -0.2) is 9.78 Å². The third-order valence-electron chi connectivity index (χ3n) is 4.06. The molecule has 0 bridgehead atoms. The number of benzene rings is 1. The number of nitrogens with one attached hydrogen (secondary N) is 1. The highest BCUT2D eigenvalue weighted by Gasteiger charge is 2.22. The van der Waals surface area contributed by atoms with Gasteiger partial charge < -0.3 is 14.8 Å². The number of ether oxygens (including phenoxy) is 2. The Morgan fingerprint density at radius 3 is 2.34 bits per heavy atom. The Morgan fingerprint density at radius 2 is 1.76 bits per heavy atom. The molecule has 0 spiro atoms. The molecule has 1 aromatic heterocycles. The van der Waals surface area contributed by atoms with Crippen LogP contribution in [0.5, 0.6) is 0 Å². The van der Waals surface area contributed by atoms with Gasteiger partial charge in [0.15, 0.2) is 0 Å². The average Bonchev–Trinajstić information content (AvgIpc) is 2.67. The molecule has 0 saturated heterocycles. The minimum atomic E-state index is -0.568. The van der Waals surface area contributed by atoms with Crippen molar-refractivity contribution in [2.24, 2.45) is 0 Å². The summed E-state index contributed by atoms with van der Waals surface area (Å²) in [5.41, 5.74) is 1.63. The van der Waals surface area contributed by atoms with Gasteiger partial charge in [-0.1, -0.05) is 30.3 Å². The molecule has 0 aliphatic rings. The van der Waals surface area contributed by atoms with Crippen LogP contribution in [-0.4, -0.2) is 35.5 Å². The zero-order valence-corrected chi connectivity index (χ0v) is 17.1. The maximum Gasteiger partial charge on any atom is 0.339 e. The lowest BCUT2D eigenvalue weighted by Crippen LogP contribution is -2.32. The number of carbonyl (C=O) groups excluding carboxylic acids is 3. The summed E-state index contributed by atoms with van der Waals surface area (Å²) < 4.78 is 10.2. The largest absolute Gasteiger partial charge is 0.463 e. The predicted molar refractivity (Wildman–Crippen MR) is 107 cm³/mol. The maximum absolute atomic E-state index is 12.7. The number of pyridine rings is 1. The lowest BCUT2D eigenvalue weighted by molar-refractivity contribution is -0.147. The van der Waals surface area contributed by atoms with Gasteiger partial charge in [0.1, 0.15) is 5.69 Å². The summed E-state index contributed by atoms with van der Waals surface area (Å²) in [6.07, 6.45) is -0.247. The molecule has 0 radical (unpaired) electrons. The molecule has 0 aliphatic heterocycles. The number of hydrogen-bond donors (Lipinski definition) is 1. The molecule has 1 aromatic carbocycles. The van der Waals surface area contributed by atoms with Crippen LogP contribution >= 0.6 is 0 Å². The first-order valence-corrected chi connectivity index (χ1v) is 9.51. The summed E-state index contributed by atoms with van der Waals surface area (Å²) in [6, 6.07) is 11.6. The standard InChI is InChI=1S/C22H26N2O5/c1-5-28-22(27)17-11-12-18(23-15(17)4)21(26)24-19(13-20(25)29-14(2)3)16-9-7-6-8-10-16/h6-12,14,19H,5,13H2,1-4H3,(H,24,26). The Morgan fingerprint density at radius 1 is 1.07 bits per heavy atom. The number of hydrogen-bond acceptors (Lipinski definition) is 6. The van der Waals surface area contributed by atoms with Crippen molar-refractivity contribution in [3.63, 3.8) is 0 Å². The number of rotatable bonds is 8. The second-order valence-corrected chi connectivity index (χ2v) is 6.73. The van der Waals surface area contributed by atoms with E-state index in [2.05, 4.69) is 10.3 Å². The molecular weight excluding hydrogens is 372 g/mol. The molecule has 2 rings (SSSR count). The van der Waals surface area contributed by atoms with Crippen molar-refractivity contribution >= 4 is 17.8 Å². The van der Waals surface area contributed by atoms with Crippen LogP contribution < -0.4 is 5.32 Å². The topological polar surface area (TPSA) is 94.6 Å². The lowest BCUT2D eigenvalue weighted by Gasteiger charge is -2.19. The zero-order valence-electron chi connectivity index (χ0n) is 17.1. The van der Waals surface area contributed by atoms with Gasteiger partial charge in [0.2, 0.25) is 0 Å². The first-order valence-electron chi connectivity index (χ1n) is 9.51. The van der Waals surface area contributed by atoms with E-state index in [4.69, 9.17) is 9.47 Å². The Bertz CT molecular complexity index is 865. The average molecular weight is 398 g/mol. The molecule has 7 heteroatoms. The molecule has 1 atom stereocenters. The zero-order chi connectivity index (χ0) is 21.4. The van der Waals surface area contributed by atoms with E-state index < -0.39 is 23.9 Å². The Balaban J connectivity index is 2.19. The lowest BCUT2D eigenvalue weighted by atomic mass is 10.0. The molecule has 7 nitrogen and oxygen atoms in total.